The fourth-order valence-corrected chi connectivity index (χ4v) is 2.46. The first-order valence-corrected chi connectivity index (χ1v) is 5.77. The van der Waals surface area contributed by atoms with Crippen molar-refractivity contribution < 1.29 is 9.90 Å². The molecule has 0 rings (SSSR count). The van der Waals surface area contributed by atoms with Gasteiger partial charge in [-0.2, -0.15) is 0 Å². The smallest absolute Gasteiger partial charge is 0.329 e. The molecule has 4 heteroatoms. The zero-order valence-electron chi connectivity index (χ0n) is 7.66. The summed E-state index contributed by atoms with van der Waals surface area (Å²) in [7, 11) is 0. The summed E-state index contributed by atoms with van der Waals surface area (Å²) < 4.78 is -0.789. The van der Waals surface area contributed by atoms with Gasteiger partial charge >= 0.3 is 5.97 Å². The topological polar surface area (TPSA) is 37.3 Å². The molecular formula is C9H14O2S2. The van der Waals surface area contributed by atoms with E-state index in [1.807, 2.05) is 0 Å². The molecule has 0 saturated carbocycles. The second kappa shape index (κ2) is 6.16. The highest BCUT2D eigenvalue weighted by Gasteiger charge is 2.33. The average molecular weight is 218 g/mol. The van der Waals surface area contributed by atoms with E-state index in [-0.39, 0.29) is 0 Å². The van der Waals surface area contributed by atoms with Gasteiger partial charge in [-0.1, -0.05) is 12.2 Å². The highest BCUT2D eigenvalue weighted by Crippen LogP contribution is 2.37. The van der Waals surface area contributed by atoms with Gasteiger partial charge in [-0.3, -0.25) is 0 Å². The van der Waals surface area contributed by atoms with Crippen LogP contribution in [0.3, 0.4) is 0 Å². The molecule has 0 aliphatic carbocycles. The lowest BCUT2D eigenvalue weighted by Crippen LogP contribution is -2.28. The Hall–Kier alpha value is -0.350. The van der Waals surface area contributed by atoms with Gasteiger partial charge in [0, 0.05) is 11.5 Å². The highest BCUT2D eigenvalue weighted by molar-refractivity contribution is 8.19. The Kier molecular flexibility index (Phi) is 5.99. The third-order valence-corrected chi connectivity index (χ3v) is 4.30. The molecule has 0 aromatic rings. The van der Waals surface area contributed by atoms with Crippen molar-refractivity contribution in [2.75, 3.05) is 11.5 Å². The summed E-state index contributed by atoms with van der Waals surface area (Å²) in [6, 6.07) is 0. The molecule has 0 radical (unpaired) electrons. The van der Waals surface area contributed by atoms with Crippen LogP contribution in [0.2, 0.25) is 0 Å². The number of carboxylic acids is 1. The van der Waals surface area contributed by atoms with Crippen molar-refractivity contribution in [1.82, 2.24) is 0 Å². The zero-order valence-corrected chi connectivity index (χ0v) is 9.29. The minimum Gasteiger partial charge on any atom is -0.480 e. The Bertz CT molecular complexity index is 190. The van der Waals surface area contributed by atoms with Crippen molar-refractivity contribution in [1.29, 1.82) is 0 Å². The zero-order chi connectivity index (χ0) is 10.3. The van der Waals surface area contributed by atoms with E-state index in [0.717, 1.165) is 0 Å². The summed E-state index contributed by atoms with van der Waals surface area (Å²) in [5.41, 5.74) is 0. The van der Waals surface area contributed by atoms with Crippen LogP contribution in [0.5, 0.6) is 0 Å². The summed E-state index contributed by atoms with van der Waals surface area (Å²) in [6.45, 7) is 8.83. The van der Waals surface area contributed by atoms with Gasteiger partial charge < -0.3 is 5.11 Å². The predicted molar refractivity (Wildman–Crippen MR) is 61.4 cm³/mol. The number of hydrogen-bond acceptors (Lipinski definition) is 3. The lowest BCUT2D eigenvalue weighted by molar-refractivity contribution is -0.136. The third kappa shape index (κ3) is 4.43. The molecule has 74 valence electrons. The Morgan fingerprint density at radius 2 is 1.77 bits per heavy atom. The molecule has 0 aromatic carbocycles. The van der Waals surface area contributed by atoms with Crippen LogP contribution < -0.4 is 0 Å². The van der Waals surface area contributed by atoms with Gasteiger partial charge in [0.2, 0.25) is 0 Å². The summed E-state index contributed by atoms with van der Waals surface area (Å²) in [5.74, 6) is 0.492. The monoisotopic (exact) mass is 218 g/mol. The molecule has 0 heterocycles. The Morgan fingerprint density at radius 3 is 2.00 bits per heavy atom. The van der Waals surface area contributed by atoms with Gasteiger partial charge in [0.1, 0.15) is 0 Å². The minimum absolute atomic E-state index is 0.646. The summed E-state index contributed by atoms with van der Waals surface area (Å²) in [4.78, 5) is 10.9. The van der Waals surface area contributed by atoms with E-state index >= 15 is 0 Å². The average Bonchev–Trinajstić information content (AvgIpc) is 2.11. The first-order chi connectivity index (χ1) is 6.06. The van der Waals surface area contributed by atoms with Crippen LogP contribution in [-0.2, 0) is 4.79 Å². The van der Waals surface area contributed by atoms with Gasteiger partial charge in [-0.05, 0) is 6.92 Å². The highest BCUT2D eigenvalue weighted by atomic mass is 32.2. The van der Waals surface area contributed by atoms with Crippen molar-refractivity contribution in [3.05, 3.63) is 25.3 Å². The summed E-state index contributed by atoms with van der Waals surface area (Å²) in [6.07, 6.45) is 3.42. The normalized spacial score (nSPS) is 10.8. The standard InChI is InChI=1S/C9H14O2S2/c1-4-6-12-9(3,8(10)11)13-7-5-2/h4-5H,1-2,6-7H2,3H3,(H,10,11). The number of rotatable bonds is 7. The number of aliphatic carboxylic acids is 1. The maximum absolute atomic E-state index is 10.9. The molecule has 0 atom stereocenters. The van der Waals surface area contributed by atoms with Crippen LogP contribution >= 0.6 is 23.5 Å². The first-order valence-electron chi connectivity index (χ1n) is 3.80. The Morgan fingerprint density at radius 1 is 1.38 bits per heavy atom. The lowest BCUT2D eigenvalue weighted by Gasteiger charge is -2.22. The van der Waals surface area contributed by atoms with E-state index in [2.05, 4.69) is 13.2 Å². The van der Waals surface area contributed by atoms with E-state index in [4.69, 9.17) is 5.11 Å². The molecule has 0 saturated heterocycles. The molecule has 0 aliphatic heterocycles. The van der Waals surface area contributed by atoms with Crippen LogP contribution in [0, 0.1) is 0 Å². The molecule has 0 aromatic heterocycles. The SMILES string of the molecule is C=CCSC(C)(SCC=C)C(=O)O. The van der Waals surface area contributed by atoms with Gasteiger partial charge in [-0.25, -0.2) is 4.79 Å². The largest absolute Gasteiger partial charge is 0.480 e. The van der Waals surface area contributed by atoms with Gasteiger partial charge in [0.25, 0.3) is 0 Å². The van der Waals surface area contributed by atoms with Crippen LogP contribution in [0.25, 0.3) is 0 Å². The van der Waals surface area contributed by atoms with Crippen molar-refractivity contribution >= 4 is 29.5 Å². The summed E-state index contributed by atoms with van der Waals surface area (Å²) in [5, 5.41) is 8.98. The van der Waals surface area contributed by atoms with E-state index < -0.39 is 10.0 Å². The molecule has 2 nitrogen and oxygen atoms in total. The first kappa shape index (κ1) is 12.7. The predicted octanol–water partition coefficient (Wildman–Crippen LogP) is 2.63. The molecule has 0 spiro atoms. The molecule has 1 N–H and O–H groups in total. The number of hydrogen-bond donors (Lipinski definition) is 1. The Balaban J connectivity index is 4.23. The molecule has 0 fully saturated rings. The second-order valence-corrected chi connectivity index (χ2v) is 5.59. The van der Waals surface area contributed by atoms with Gasteiger partial charge in [0.05, 0.1) is 0 Å². The van der Waals surface area contributed by atoms with Crippen molar-refractivity contribution in [2.45, 2.75) is 11.0 Å². The van der Waals surface area contributed by atoms with Gasteiger partial charge in [-0.15, -0.1) is 36.7 Å². The van der Waals surface area contributed by atoms with Crippen molar-refractivity contribution in [3.8, 4) is 0 Å². The van der Waals surface area contributed by atoms with Crippen LogP contribution in [0.15, 0.2) is 25.3 Å². The fourth-order valence-electron chi connectivity index (χ4n) is 0.601. The Labute approximate surface area is 87.5 Å². The van der Waals surface area contributed by atoms with Crippen LogP contribution in [0.4, 0.5) is 0 Å². The van der Waals surface area contributed by atoms with Crippen molar-refractivity contribution in [3.63, 3.8) is 0 Å². The molecule has 0 unspecified atom stereocenters. The maximum Gasteiger partial charge on any atom is 0.329 e. The molecule has 13 heavy (non-hydrogen) atoms. The quantitative estimate of drug-likeness (QED) is 0.526. The number of thioether (sulfide) groups is 2. The van der Waals surface area contributed by atoms with Gasteiger partial charge in [0.15, 0.2) is 4.08 Å². The lowest BCUT2D eigenvalue weighted by atomic mass is 10.5. The fraction of sp³-hybridized carbons (Fsp3) is 0.444. The van der Waals surface area contributed by atoms with Crippen LogP contribution in [-0.4, -0.2) is 26.7 Å². The van der Waals surface area contributed by atoms with E-state index in [9.17, 15) is 4.79 Å². The molecule has 0 amide bonds. The van der Waals surface area contributed by atoms with Crippen LogP contribution in [0.1, 0.15) is 6.92 Å². The second-order valence-electron chi connectivity index (χ2n) is 2.45. The maximum atomic E-state index is 10.9. The molecular weight excluding hydrogens is 204 g/mol. The third-order valence-electron chi connectivity index (χ3n) is 1.34. The van der Waals surface area contributed by atoms with E-state index in [0.29, 0.717) is 11.5 Å². The minimum atomic E-state index is -0.800. The molecule has 0 bridgehead atoms. The molecule has 0 aliphatic rings. The van der Waals surface area contributed by atoms with Crippen molar-refractivity contribution in [2.24, 2.45) is 0 Å². The van der Waals surface area contributed by atoms with E-state index in [1.54, 1.807) is 19.1 Å². The number of carboxylic acid groups (broad SMARTS) is 1. The summed E-state index contributed by atoms with van der Waals surface area (Å²) >= 11 is 2.74. The van der Waals surface area contributed by atoms with E-state index in [1.165, 1.54) is 23.5 Å². The number of carbonyl (C=O) groups is 1.